The Morgan fingerprint density at radius 2 is 1.53 bits per heavy atom. The first-order chi connectivity index (χ1) is 8.97. The Morgan fingerprint density at radius 3 is 2.21 bits per heavy atom. The van der Waals surface area contributed by atoms with E-state index >= 15 is 0 Å². The first-order valence-electron chi connectivity index (χ1n) is 5.28. The third-order valence-corrected chi connectivity index (χ3v) is 2.45. The second-order valence-electron chi connectivity index (χ2n) is 3.83. The molecule has 2 nitrogen and oxygen atoms in total. The summed E-state index contributed by atoms with van der Waals surface area (Å²) in [6, 6.07) is 4.74. The number of halogens is 4. The highest BCUT2D eigenvalue weighted by molar-refractivity contribution is 5.45. The number of anilines is 1. The summed E-state index contributed by atoms with van der Waals surface area (Å²) >= 11 is 0. The van der Waals surface area contributed by atoms with Gasteiger partial charge in [0.05, 0.1) is 5.69 Å². The second-order valence-corrected chi connectivity index (χ2v) is 3.83. The maximum absolute atomic E-state index is 13.3. The molecule has 0 aliphatic heterocycles. The predicted molar refractivity (Wildman–Crippen MR) is 61.5 cm³/mol. The SMILES string of the molecule is Nc1cc(OCc2cc(F)c(F)cc2F)ccc1F. The zero-order chi connectivity index (χ0) is 14.0. The van der Waals surface area contributed by atoms with Crippen molar-refractivity contribution < 1.29 is 22.3 Å². The van der Waals surface area contributed by atoms with Crippen molar-refractivity contribution in [3.63, 3.8) is 0 Å². The molecule has 6 heteroatoms. The average Bonchev–Trinajstić information content (AvgIpc) is 2.36. The molecule has 0 unspecified atom stereocenters. The number of nitrogen functional groups attached to an aromatic ring is 1. The van der Waals surface area contributed by atoms with Crippen LogP contribution in [0.3, 0.4) is 0 Å². The number of hydrogen-bond donors (Lipinski definition) is 1. The minimum absolute atomic E-state index is 0.122. The van der Waals surface area contributed by atoms with Gasteiger partial charge in [-0.25, -0.2) is 17.6 Å². The van der Waals surface area contributed by atoms with Gasteiger partial charge in [-0.05, 0) is 18.2 Å². The lowest BCUT2D eigenvalue weighted by Crippen LogP contribution is -2.02. The number of ether oxygens (including phenoxy) is 1. The molecule has 0 heterocycles. The van der Waals surface area contributed by atoms with Crippen LogP contribution in [-0.2, 0) is 6.61 Å². The zero-order valence-electron chi connectivity index (χ0n) is 9.59. The second kappa shape index (κ2) is 5.17. The average molecular weight is 271 g/mol. The van der Waals surface area contributed by atoms with E-state index in [1.165, 1.54) is 12.1 Å². The number of hydrogen-bond acceptors (Lipinski definition) is 2. The summed E-state index contributed by atoms with van der Waals surface area (Å²) in [4.78, 5) is 0. The van der Waals surface area contributed by atoms with Gasteiger partial charge < -0.3 is 10.5 Å². The van der Waals surface area contributed by atoms with Crippen LogP contribution in [0, 0.1) is 23.3 Å². The smallest absolute Gasteiger partial charge is 0.161 e. The molecule has 0 spiro atoms. The molecule has 0 radical (unpaired) electrons. The van der Waals surface area contributed by atoms with Gasteiger partial charge in [0.15, 0.2) is 11.6 Å². The third-order valence-electron chi connectivity index (χ3n) is 2.45. The summed E-state index contributed by atoms with van der Waals surface area (Å²) < 4.78 is 57.0. The molecule has 2 aromatic carbocycles. The molecule has 0 aromatic heterocycles. The van der Waals surface area contributed by atoms with Gasteiger partial charge in [-0.2, -0.15) is 0 Å². The fourth-order valence-corrected chi connectivity index (χ4v) is 1.45. The van der Waals surface area contributed by atoms with Gasteiger partial charge in [-0.1, -0.05) is 0 Å². The predicted octanol–water partition coefficient (Wildman–Crippen LogP) is 3.40. The lowest BCUT2D eigenvalue weighted by atomic mass is 10.2. The lowest BCUT2D eigenvalue weighted by Gasteiger charge is -2.08. The van der Waals surface area contributed by atoms with E-state index in [2.05, 4.69) is 0 Å². The first kappa shape index (κ1) is 13.2. The lowest BCUT2D eigenvalue weighted by molar-refractivity contribution is 0.298. The van der Waals surface area contributed by atoms with Crippen LogP contribution in [0.1, 0.15) is 5.56 Å². The molecule has 19 heavy (non-hydrogen) atoms. The van der Waals surface area contributed by atoms with Crippen LogP contribution in [0.5, 0.6) is 5.75 Å². The molecule has 2 rings (SSSR count). The van der Waals surface area contributed by atoms with E-state index in [4.69, 9.17) is 10.5 Å². The largest absolute Gasteiger partial charge is 0.489 e. The van der Waals surface area contributed by atoms with Crippen molar-refractivity contribution in [1.29, 1.82) is 0 Å². The van der Waals surface area contributed by atoms with Gasteiger partial charge in [0.2, 0.25) is 0 Å². The van der Waals surface area contributed by atoms with Crippen molar-refractivity contribution in [3.05, 3.63) is 59.2 Å². The highest BCUT2D eigenvalue weighted by Crippen LogP contribution is 2.21. The van der Waals surface area contributed by atoms with Crippen LogP contribution in [0.15, 0.2) is 30.3 Å². The Kier molecular flexibility index (Phi) is 3.59. The molecule has 0 atom stereocenters. The molecule has 0 aliphatic rings. The van der Waals surface area contributed by atoms with E-state index in [0.717, 1.165) is 6.07 Å². The summed E-state index contributed by atoms with van der Waals surface area (Å²) in [5.41, 5.74) is 5.05. The Balaban J connectivity index is 2.14. The molecule has 0 bridgehead atoms. The molecule has 0 aliphatic carbocycles. The van der Waals surface area contributed by atoms with Crippen molar-refractivity contribution in [2.45, 2.75) is 6.61 Å². The highest BCUT2D eigenvalue weighted by atomic mass is 19.2. The monoisotopic (exact) mass is 271 g/mol. The standard InChI is InChI=1S/C13H9F4NO/c14-9-2-1-8(4-13(9)18)19-6-7-3-11(16)12(17)5-10(7)15/h1-5H,6,18H2. The molecule has 0 saturated carbocycles. The Hall–Kier alpha value is -2.24. The Morgan fingerprint density at radius 1 is 0.842 bits per heavy atom. The number of rotatable bonds is 3. The summed E-state index contributed by atoms with van der Waals surface area (Å²) in [6.07, 6.45) is 0. The molecule has 0 amide bonds. The van der Waals surface area contributed by atoms with Gasteiger partial charge in [0, 0.05) is 17.7 Å². The third kappa shape index (κ3) is 2.96. The van der Waals surface area contributed by atoms with Gasteiger partial charge in [-0.3, -0.25) is 0 Å². The number of nitrogens with two attached hydrogens (primary N) is 1. The minimum atomic E-state index is -1.27. The van der Waals surface area contributed by atoms with Crippen LogP contribution in [0.4, 0.5) is 23.2 Å². The van der Waals surface area contributed by atoms with Gasteiger partial charge in [0.25, 0.3) is 0 Å². The van der Waals surface area contributed by atoms with Gasteiger partial charge in [0.1, 0.15) is 24.0 Å². The first-order valence-corrected chi connectivity index (χ1v) is 5.28. The van der Waals surface area contributed by atoms with E-state index < -0.39 is 23.3 Å². The van der Waals surface area contributed by atoms with Crippen LogP contribution in [0.25, 0.3) is 0 Å². The fourth-order valence-electron chi connectivity index (χ4n) is 1.45. The molecule has 0 fully saturated rings. The van der Waals surface area contributed by atoms with Crippen LogP contribution < -0.4 is 10.5 Å². The molecule has 2 aromatic rings. The van der Waals surface area contributed by atoms with Crippen molar-refractivity contribution in [2.75, 3.05) is 5.73 Å². The van der Waals surface area contributed by atoms with Crippen LogP contribution in [0.2, 0.25) is 0 Å². The summed E-state index contributed by atoms with van der Waals surface area (Å²) in [5, 5.41) is 0. The Labute approximate surface area is 106 Å². The molecule has 100 valence electrons. The number of benzene rings is 2. The van der Waals surface area contributed by atoms with E-state index in [1.54, 1.807) is 0 Å². The van der Waals surface area contributed by atoms with E-state index in [9.17, 15) is 17.6 Å². The van der Waals surface area contributed by atoms with Crippen molar-refractivity contribution in [3.8, 4) is 5.75 Å². The van der Waals surface area contributed by atoms with Crippen molar-refractivity contribution in [2.24, 2.45) is 0 Å². The zero-order valence-corrected chi connectivity index (χ0v) is 9.59. The van der Waals surface area contributed by atoms with E-state index in [0.29, 0.717) is 12.1 Å². The van der Waals surface area contributed by atoms with Crippen LogP contribution >= 0.6 is 0 Å². The normalized spacial score (nSPS) is 10.5. The summed E-state index contributed by atoms with van der Waals surface area (Å²) in [6.45, 7) is -0.325. The van der Waals surface area contributed by atoms with Gasteiger partial charge >= 0.3 is 0 Å². The van der Waals surface area contributed by atoms with Crippen molar-refractivity contribution in [1.82, 2.24) is 0 Å². The van der Waals surface area contributed by atoms with E-state index in [1.807, 2.05) is 0 Å². The van der Waals surface area contributed by atoms with Crippen molar-refractivity contribution >= 4 is 5.69 Å². The van der Waals surface area contributed by atoms with Crippen LogP contribution in [-0.4, -0.2) is 0 Å². The van der Waals surface area contributed by atoms with Gasteiger partial charge in [-0.15, -0.1) is 0 Å². The maximum atomic E-state index is 13.3. The minimum Gasteiger partial charge on any atom is -0.489 e. The molecule has 0 saturated heterocycles. The Bertz CT molecular complexity index is 616. The maximum Gasteiger partial charge on any atom is 0.161 e. The summed E-state index contributed by atoms with van der Waals surface area (Å²) in [7, 11) is 0. The van der Waals surface area contributed by atoms with E-state index in [-0.39, 0.29) is 23.6 Å². The quantitative estimate of drug-likeness (QED) is 0.527. The molecular weight excluding hydrogens is 262 g/mol. The summed E-state index contributed by atoms with van der Waals surface area (Å²) in [5.74, 6) is -3.77. The molecule has 2 N–H and O–H groups in total. The fraction of sp³-hybridized carbons (Fsp3) is 0.0769. The topological polar surface area (TPSA) is 35.2 Å². The highest BCUT2D eigenvalue weighted by Gasteiger charge is 2.10. The molecular formula is C13H9F4NO.